The zero-order valence-electron chi connectivity index (χ0n) is 26.3. The van der Waals surface area contributed by atoms with Gasteiger partial charge in [0.1, 0.15) is 0 Å². The Hall–Kier alpha value is -6.24. The second-order valence-corrected chi connectivity index (χ2v) is 12.9. The summed E-state index contributed by atoms with van der Waals surface area (Å²) in [4.78, 5) is 0. The van der Waals surface area contributed by atoms with Gasteiger partial charge in [0.2, 0.25) is 0 Å². The van der Waals surface area contributed by atoms with Gasteiger partial charge >= 0.3 is 0 Å². The highest BCUT2D eigenvalue weighted by atomic mass is 14.2. The third-order valence-corrected chi connectivity index (χ3v) is 10.2. The molecular weight excluding hydrogens is 577 g/mol. The van der Waals surface area contributed by atoms with E-state index in [4.69, 9.17) is 0 Å². The van der Waals surface area contributed by atoms with Crippen molar-refractivity contribution in [1.82, 2.24) is 0 Å². The zero-order valence-corrected chi connectivity index (χ0v) is 26.3. The van der Waals surface area contributed by atoms with E-state index >= 15 is 0 Å². The lowest BCUT2D eigenvalue weighted by Gasteiger charge is -2.17. The van der Waals surface area contributed by atoms with Crippen molar-refractivity contribution in [2.45, 2.75) is 0 Å². The van der Waals surface area contributed by atoms with Crippen molar-refractivity contribution in [3.8, 4) is 44.5 Å². The molecule has 0 aliphatic carbocycles. The maximum Gasteiger partial charge on any atom is -0.00201 e. The van der Waals surface area contributed by atoms with Crippen LogP contribution >= 0.6 is 0 Å². The van der Waals surface area contributed by atoms with Crippen LogP contribution in [0.25, 0.3) is 98.4 Å². The number of benzene rings is 10. The van der Waals surface area contributed by atoms with E-state index in [1.165, 1.54) is 98.4 Å². The minimum absolute atomic E-state index is 1.23. The Morgan fingerprint density at radius 3 is 1.52 bits per heavy atom. The largest absolute Gasteiger partial charge is 0.0616 e. The molecule has 0 amide bonds. The molecule has 222 valence electrons. The average molecular weight is 607 g/mol. The fourth-order valence-electron chi connectivity index (χ4n) is 7.84. The second kappa shape index (κ2) is 10.7. The molecule has 0 aromatic heterocycles. The van der Waals surface area contributed by atoms with Crippen molar-refractivity contribution < 1.29 is 0 Å². The molecule has 10 aromatic rings. The molecule has 0 spiro atoms. The molecule has 0 aliphatic heterocycles. The van der Waals surface area contributed by atoms with Gasteiger partial charge in [-0.3, -0.25) is 0 Å². The first kappa shape index (κ1) is 26.9. The van der Waals surface area contributed by atoms with Crippen molar-refractivity contribution in [3.05, 3.63) is 182 Å². The van der Waals surface area contributed by atoms with Gasteiger partial charge in [-0.05, 0) is 111 Å². The highest BCUT2D eigenvalue weighted by Crippen LogP contribution is 2.44. The van der Waals surface area contributed by atoms with E-state index in [1.54, 1.807) is 0 Å². The average Bonchev–Trinajstić information content (AvgIpc) is 3.16. The fraction of sp³-hybridized carbons (Fsp3) is 0. The van der Waals surface area contributed by atoms with Gasteiger partial charge in [0.15, 0.2) is 0 Å². The van der Waals surface area contributed by atoms with E-state index in [-0.39, 0.29) is 0 Å². The molecule has 0 heterocycles. The normalized spacial score (nSPS) is 11.8. The van der Waals surface area contributed by atoms with Crippen molar-refractivity contribution in [2.24, 2.45) is 0 Å². The Labute approximate surface area is 279 Å². The number of fused-ring (bicyclic) bond motifs is 2. The van der Waals surface area contributed by atoms with Gasteiger partial charge in [0, 0.05) is 0 Å². The number of hydrogen-bond acceptors (Lipinski definition) is 0. The Kier molecular flexibility index (Phi) is 5.98. The molecule has 0 bridgehead atoms. The molecule has 0 saturated carbocycles. The molecular formula is C48H30. The Morgan fingerprint density at radius 2 is 0.708 bits per heavy atom. The molecule has 0 unspecified atom stereocenters. The minimum atomic E-state index is 1.23. The van der Waals surface area contributed by atoms with Crippen LogP contribution in [0.15, 0.2) is 182 Å². The highest BCUT2D eigenvalue weighted by Gasteiger charge is 2.16. The maximum atomic E-state index is 2.39. The quantitative estimate of drug-likeness (QED) is 0.175. The van der Waals surface area contributed by atoms with Crippen LogP contribution in [0.5, 0.6) is 0 Å². The first-order chi connectivity index (χ1) is 23.8. The van der Waals surface area contributed by atoms with Crippen LogP contribution in [0.4, 0.5) is 0 Å². The highest BCUT2D eigenvalue weighted by molar-refractivity contribution is 6.28. The molecule has 0 atom stereocenters. The van der Waals surface area contributed by atoms with Gasteiger partial charge in [-0.1, -0.05) is 170 Å². The lowest BCUT2D eigenvalue weighted by molar-refractivity contribution is 1.62. The van der Waals surface area contributed by atoms with Crippen LogP contribution in [0.2, 0.25) is 0 Å². The standard InChI is InChI=1S/C48H30/c1-2-9-38-29-39(24-17-31(38)7-1)32-15-18-35(19-16-32)43-27-26-40-30-46(44-14-6-11-37-25-28-45(43)48(40)47(37)44)36-22-20-34(21-23-36)42-13-5-10-33-8-3-4-12-41(33)42/h1-30H. The van der Waals surface area contributed by atoms with Crippen LogP contribution in [-0.4, -0.2) is 0 Å². The monoisotopic (exact) mass is 606 g/mol. The van der Waals surface area contributed by atoms with Crippen molar-refractivity contribution in [3.63, 3.8) is 0 Å². The Bertz CT molecular complexity index is 2800. The third-order valence-electron chi connectivity index (χ3n) is 10.2. The van der Waals surface area contributed by atoms with Crippen LogP contribution in [-0.2, 0) is 0 Å². The fourth-order valence-corrected chi connectivity index (χ4v) is 7.84. The molecule has 10 rings (SSSR count). The molecule has 0 fully saturated rings. The molecule has 0 N–H and O–H groups in total. The SMILES string of the molecule is c1ccc2cc(-c3ccc(-c4ccc5cc(-c6ccc(-c7cccc8ccccc78)cc6)c6cccc7ccc4c5c76)cc3)ccc2c1. The molecule has 0 aliphatic rings. The van der Waals surface area contributed by atoms with Crippen LogP contribution < -0.4 is 0 Å². The lowest BCUT2D eigenvalue weighted by Crippen LogP contribution is -1.90. The van der Waals surface area contributed by atoms with E-state index in [2.05, 4.69) is 182 Å². The maximum absolute atomic E-state index is 2.39. The van der Waals surface area contributed by atoms with Crippen molar-refractivity contribution in [1.29, 1.82) is 0 Å². The summed E-state index contributed by atoms with van der Waals surface area (Å²) in [7, 11) is 0. The summed E-state index contributed by atoms with van der Waals surface area (Å²) in [6.45, 7) is 0. The molecule has 0 radical (unpaired) electrons. The van der Waals surface area contributed by atoms with Crippen molar-refractivity contribution in [2.75, 3.05) is 0 Å². The van der Waals surface area contributed by atoms with Gasteiger partial charge in [-0.15, -0.1) is 0 Å². The lowest BCUT2D eigenvalue weighted by atomic mass is 9.86. The van der Waals surface area contributed by atoms with Crippen LogP contribution in [0, 0.1) is 0 Å². The summed E-state index contributed by atoms with van der Waals surface area (Å²) >= 11 is 0. The van der Waals surface area contributed by atoms with E-state index in [0.717, 1.165) is 0 Å². The topological polar surface area (TPSA) is 0 Å². The second-order valence-electron chi connectivity index (χ2n) is 12.9. The Morgan fingerprint density at radius 1 is 0.208 bits per heavy atom. The summed E-state index contributed by atoms with van der Waals surface area (Å²) < 4.78 is 0. The molecule has 0 heteroatoms. The van der Waals surface area contributed by atoms with Gasteiger partial charge in [0.05, 0.1) is 0 Å². The summed E-state index contributed by atoms with van der Waals surface area (Å²) in [5, 5.41) is 12.9. The molecule has 10 aromatic carbocycles. The first-order valence-corrected chi connectivity index (χ1v) is 16.7. The predicted octanol–water partition coefficient (Wildman–Crippen LogP) is 13.6. The van der Waals surface area contributed by atoms with Gasteiger partial charge in [-0.25, -0.2) is 0 Å². The van der Waals surface area contributed by atoms with Crippen LogP contribution in [0.1, 0.15) is 0 Å². The smallest absolute Gasteiger partial charge is 0.00201 e. The molecule has 0 nitrogen and oxygen atoms in total. The first-order valence-electron chi connectivity index (χ1n) is 16.7. The van der Waals surface area contributed by atoms with E-state index in [1.807, 2.05) is 0 Å². The summed E-state index contributed by atoms with van der Waals surface area (Å²) in [5.41, 5.74) is 10.0. The number of rotatable bonds is 4. The number of hydrogen-bond donors (Lipinski definition) is 0. The predicted molar refractivity (Wildman–Crippen MR) is 207 cm³/mol. The third kappa shape index (κ3) is 4.24. The molecule has 0 saturated heterocycles. The minimum Gasteiger partial charge on any atom is -0.0616 e. The van der Waals surface area contributed by atoms with Gasteiger partial charge < -0.3 is 0 Å². The Balaban J connectivity index is 1.07. The van der Waals surface area contributed by atoms with E-state index < -0.39 is 0 Å². The summed E-state index contributed by atoms with van der Waals surface area (Å²) in [5.74, 6) is 0. The van der Waals surface area contributed by atoms with Crippen LogP contribution in [0.3, 0.4) is 0 Å². The van der Waals surface area contributed by atoms with E-state index in [0.29, 0.717) is 0 Å². The van der Waals surface area contributed by atoms with Gasteiger partial charge in [0.25, 0.3) is 0 Å². The summed E-state index contributed by atoms with van der Waals surface area (Å²) in [6.07, 6.45) is 0. The molecule has 48 heavy (non-hydrogen) atoms. The van der Waals surface area contributed by atoms with E-state index in [9.17, 15) is 0 Å². The zero-order chi connectivity index (χ0) is 31.6. The van der Waals surface area contributed by atoms with Crippen molar-refractivity contribution >= 4 is 53.9 Å². The summed E-state index contributed by atoms with van der Waals surface area (Å²) in [6, 6.07) is 67.1. The van der Waals surface area contributed by atoms with Gasteiger partial charge in [-0.2, -0.15) is 0 Å².